The second kappa shape index (κ2) is 4.23. The smallest absolute Gasteiger partial charge is 0.119 e. The Morgan fingerprint density at radius 2 is 2.07 bits per heavy atom. The van der Waals surface area contributed by atoms with Crippen LogP contribution in [0.1, 0.15) is 31.7 Å². The summed E-state index contributed by atoms with van der Waals surface area (Å²) >= 11 is 0. The molecule has 0 aliphatic heterocycles. The quantitative estimate of drug-likeness (QED) is 0.820. The van der Waals surface area contributed by atoms with Gasteiger partial charge in [-0.3, -0.25) is 0 Å². The predicted octanol–water partition coefficient (Wildman–Crippen LogP) is 2.57. The summed E-state index contributed by atoms with van der Waals surface area (Å²) in [6.07, 6.45) is 0.938. The third kappa shape index (κ3) is 2.32. The number of rotatable bonds is 4. The van der Waals surface area contributed by atoms with E-state index in [0.29, 0.717) is 18.4 Å². The molecule has 0 amide bonds. The summed E-state index contributed by atoms with van der Waals surface area (Å²) in [6, 6.07) is 8.24. The van der Waals surface area contributed by atoms with Gasteiger partial charge in [0.25, 0.3) is 0 Å². The van der Waals surface area contributed by atoms with Gasteiger partial charge in [-0.05, 0) is 49.8 Å². The van der Waals surface area contributed by atoms with Crippen molar-refractivity contribution in [1.82, 2.24) is 0 Å². The molecule has 1 aliphatic carbocycles. The highest BCUT2D eigenvalue weighted by molar-refractivity contribution is 5.32. The van der Waals surface area contributed by atoms with Crippen LogP contribution < -0.4 is 4.74 Å². The van der Waals surface area contributed by atoms with Crippen LogP contribution in [0.2, 0.25) is 0 Å². The first-order valence-electron chi connectivity index (χ1n) is 5.63. The SMILES string of the molecule is CCOc1ccc([C@@H]2C[C@H]2[C@H](C)O)cc1. The van der Waals surface area contributed by atoms with E-state index in [-0.39, 0.29) is 6.10 Å². The number of ether oxygens (including phenoxy) is 1. The lowest BCUT2D eigenvalue weighted by Gasteiger charge is -2.05. The fourth-order valence-corrected chi connectivity index (χ4v) is 2.11. The zero-order chi connectivity index (χ0) is 10.8. The van der Waals surface area contributed by atoms with Gasteiger partial charge in [-0.25, -0.2) is 0 Å². The minimum Gasteiger partial charge on any atom is -0.494 e. The third-order valence-corrected chi connectivity index (χ3v) is 3.08. The number of aliphatic hydroxyl groups is 1. The Balaban J connectivity index is 2.00. The number of aliphatic hydroxyl groups excluding tert-OH is 1. The molecule has 2 rings (SSSR count). The molecular weight excluding hydrogens is 188 g/mol. The summed E-state index contributed by atoms with van der Waals surface area (Å²) in [5.41, 5.74) is 1.32. The van der Waals surface area contributed by atoms with Crippen molar-refractivity contribution in [2.75, 3.05) is 6.61 Å². The Morgan fingerprint density at radius 1 is 1.40 bits per heavy atom. The van der Waals surface area contributed by atoms with Crippen LogP contribution in [-0.2, 0) is 0 Å². The van der Waals surface area contributed by atoms with Crippen LogP contribution in [0.25, 0.3) is 0 Å². The molecule has 0 aromatic heterocycles. The molecule has 1 saturated carbocycles. The lowest BCUT2D eigenvalue weighted by molar-refractivity contribution is 0.169. The Kier molecular flexibility index (Phi) is 2.96. The van der Waals surface area contributed by atoms with Crippen molar-refractivity contribution in [2.24, 2.45) is 5.92 Å². The van der Waals surface area contributed by atoms with Crippen molar-refractivity contribution >= 4 is 0 Å². The Morgan fingerprint density at radius 3 is 2.53 bits per heavy atom. The van der Waals surface area contributed by atoms with Crippen LogP contribution in [0.4, 0.5) is 0 Å². The second-order valence-corrected chi connectivity index (χ2v) is 4.25. The van der Waals surface area contributed by atoms with Crippen molar-refractivity contribution < 1.29 is 9.84 Å². The van der Waals surface area contributed by atoms with Gasteiger partial charge in [-0.1, -0.05) is 12.1 Å². The van der Waals surface area contributed by atoms with Crippen molar-refractivity contribution in [2.45, 2.75) is 32.3 Å². The number of benzene rings is 1. The summed E-state index contributed by atoms with van der Waals surface area (Å²) in [5.74, 6) is 1.94. The minimum atomic E-state index is -0.179. The minimum absolute atomic E-state index is 0.179. The van der Waals surface area contributed by atoms with Crippen LogP contribution in [0.3, 0.4) is 0 Å². The highest BCUT2D eigenvalue weighted by atomic mass is 16.5. The molecule has 2 nitrogen and oxygen atoms in total. The van der Waals surface area contributed by atoms with E-state index in [1.165, 1.54) is 5.56 Å². The van der Waals surface area contributed by atoms with Crippen molar-refractivity contribution in [3.8, 4) is 5.75 Å². The Labute approximate surface area is 90.9 Å². The predicted molar refractivity (Wildman–Crippen MR) is 60.1 cm³/mol. The molecule has 0 spiro atoms. The molecule has 0 radical (unpaired) electrons. The van der Waals surface area contributed by atoms with Gasteiger partial charge in [0.1, 0.15) is 5.75 Å². The van der Waals surface area contributed by atoms with Gasteiger partial charge >= 0.3 is 0 Å². The van der Waals surface area contributed by atoms with Gasteiger partial charge in [0.2, 0.25) is 0 Å². The molecule has 3 atom stereocenters. The van der Waals surface area contributed by atoms with E-state index in [0.717, 1.165) is 12.2 Å². The highest BCUT2D eigenvalue weighted by Crippen LogP contribution is 2.49. The third-order valence-electron chi connectivity index (χ3n) is 3.08. The zero-order valence-electron chi connectivity index (χ0n) is 9.31. The largest absolute Gasteiger partial charge is 0.494 e. The first kappa shape index (κ1) is 10.5. The maximum atomic E-state index is 9.44. The second-order valence-electron chi connectivity index (χ2n) is 4.25. The normalized spacial score (nSPS) is 26.1. The highest BCUT2D eigenvalue weighted by Gasteiger charge is 2.41. The molecule has 0 bridgehead atoms. The summed E-state index contributed by atoms with van der Waals surface area (Å²) in [7, 11) is 0. The van der Waals surface area contributed by atoms with Crippen LogP contribution in [0.5, 0.6) is 5.75 Å². The fourth-order valence-electron chi connectivity index (χ4n) is 2.11. The van der Waals surface area contributed by atoms with E-state index in [9.17, 15) is 5.11 Å². The number of hydrogen-bond donors (Lipinski definition) is 1. The molecule has 1 aromatic rings. The summed E-state index contributed by atoms with van der Waals surface area (Å²) < 4.78 is 5.39. The monoisotopic (exact) mass is 206 g/mol. The first-order chi connectivity index (χ1) is 7.22. The van der Waals surface area contributed by atoms with Crippen LogP contribution >= 0.6 is 0 Å². The van der Waals surface area contributed by atoms with Gasteiger partial charge in [0.15, 0.2) is 0 Å². The van der Waals surface area contributed by atoms with Gasteiger partial charge in [-0.2, -0.15) is 0 Å². The molecule has 0 heterocycles. The van der Waals surface area contributed by atoms with Crippen LogP contribution in [-0.4, -0.2) is 17.8 Å². The maximum absolute atomic E-state index is 9.44. The molecule has 1 aliphatic rings. The molecule has 1 aromatic carbocycles. The zero-order valence-corrected chi connectivity index (χ0v) is 9.31. The first-order valence-corrected chi connectivity index (χ1v) is 5.63. The van der Waals surface area contributed by atoms with Gasteiger partial charge in [-0.15, -0.1) is 0 Å². The van der Waals surface area contributed by atoms with E-state index >= 15 is 0 Å². The van der Waals surface area contributed by atoms with E-state index in [2.05, 4.69) is 12.1 Å². The molecule has 0 unspecified atom stereocenters. The summed E-state index contributed by atoms with van der Waals surface area (Å²) in [6.45, 7) is 4.57. The van der Waals surface area contributed by atoms with E-state index < -0.39 is 0 Å². The standard InChI is InChI=1S/C13H18O2/c1-3-15-11-6-4-10(5-7-11)13-8-12(13)9(2)14/h4-7,9,12-14H,3,8H2,1-2H3/t9-,12-,13-/m0/s1. The fraction of sp³-hybridized carbons (Fsp3) is 0.538. The Hall–Kier alpha value is -1.02. The number of hydrogen-bond acceptors (Lipinski definition) is 2. The van der Waals surface area contributed by atoms with E-state index in [1.807, 2.05) is 26.0 Å². The maximum Gasteiger partial charge on any atom is 0.119 e. The van der Waals surface area contributed by atoms with Crippen LogP contribution in [0.15, 0.2) is 24.3 Å². The summed E-state index contributed by atoms with van der Waals surface area (Å²) in [5, 5.41) is 9.44. The molecule has 0 saturated heterocycles. The molecule has 2 heteroatoms. The van der Waals surface area contributed by atoms with Gasteiger partial charge in [0, 0.05) is 0 Å². The molecular formula is C13H18O2. The Bertz CT molecular complexity index is 316. The molecule has 1 fully saturated rings. The molecule has 1 N–H and O–H groups in total. The molecule has 15 heavy (non-hydrogen) atoms. The van der Waals surface area contributed by atoms with Crippen LogP contribution in [0, 0.1) is 5.92 Å². The van der Waals surface area contributed by atoms with Crippen molar-refractivity contribution in [3.05, 3.63) is 29.8 Å². The van der Waals surface area contributed by atoms with Gasteiger partial charge in [0.05, 0.1) is 12.7 Å². The van der Waals surface area contributed by atoms with Crippen molar-refractivity contribution in [3.63, 3.8) is 0 Å². The van der Waals surface area contributed by atoms with E-state index in [1.54, 1.807) is 0 Å². The molecule has 82 valence electrons. The lowest BCUT2D eigenvalue weighted by atomic mass is 10.1. The average Bonchev–Trinajstić information content (AvgIpc) is 2.99. The topological polar surface area (TPSA) is 29.5 Å². The lowest BCUT2D eigenvalue weighted by Crippen LogP contribution is -2.03. The average molecular weight is 206 g/mol. The summed E-state index contributed by atoms with van der Waals surface area (Å²) in [4.78, 5) is 0. The van der Waals surface area contributed by atoms with E-state index in [4.69, 9.17) is 4.74 Å². The van der Waals surface area contributed by atoms with Crippen molar-refractivity contribution in [1.29, 1.82) is 0 Å². The van der Waals surface area contributed by atoms with Gasteiger partial charge < -0.3 is 9.84 Å².